The van der Waals surface area contributed by atoms with Gasteiger partial charge in [-0.2, -0.15) is 0 Å². The highest BCUT2D eigenvalue weighted by molar-refractivity contribution is 6.90. The summed E-state index contributed by atoms with van der Waals surface area (Å²) in [5, 5.41) is 21.4. The highest BCUT2D eigenvalue weighted by Gasteiger charge is 2.28. The topological polar surface area (TPSA) is 93.1 Å². The predicted molar refractivity (Wildman–Crippen MR) is 207 cm³/mol. The maximum absolute atomic E-state index is 11.4. The molecule has 0 aromatic heterocycles. The van der Waals surface area contributed by atoms with Gasteiger partial charge in [0.05, 0.1) is 29.4 Å². The van der Waals surface area contributed by atoms with E-state index in [9.17, 15) is 9.59 Å². The minimum absolute atomic E-state index is 0.0298. The number of benzene rings is 2. The Morgan fingerprint density at radius 2 is 0.958 bits per heavy atom. The molecule has 48 heavy (non-hydrogen) atoms. The van der Waals surface area contributed by atoms with E-state index in [2.05, 4.69) is 105 Å². The van der Waals surface area contributed by atoms with Crippen molar-refractivity contribution in [2.45, 2.75) is 106 Å². The molecule has 0 bridgehead atoms. The van der Waals surface area contributed by atoms with Gasteiger partial charge < -0.3 is 19.7 Å². The number of aliphatic hydroxyl groups excluding tert-OH is 2. The SMILES string of the molecule is C=CC(=O)OCC(CCC[Si](C)(C)c1c(C)cc(C)cc1C)COC(=O)C=C.Cc1cc(C)c([Si](C)(C)CCCC(CO)CO)c(C)c1. The summed E-state index contributed by atoms with van der Waals surface area (Å²) in [6.45, 7) is 30.3. The molecule has 0 aliphatic heterocycles. The molecule has 0 spiro atoms. The maximum Gasteiger partial charge on any atom is 0.330 e. The summed E-state index contributed by atoms with van der Waals surface area (Å²) in [6, 6.07) is 11.5. The molecule has 268 valence electrons. The van der Waals surface area contributed by atoms with Crippen LogP contribution in [0.1, 0.15) is 59.1 Å². The summed E-state index contributed by atoms with van der Waals surface area (Å²) in [7, 11) is -3.06. The third kappa shape index (κ3) is 14.4. The fourth-order valence-electron chi connectivity index (χ4n) is 7.38. The predicted octanol–water partition coefficient (Wildman–Crippen LogP) is 7.29. The summed E-state index contributed by atoms with van der Waals surface area (Å²) in [4.78, 5) is 22.7. The Balaban J connectivity index is 0.000000507. The van der Waals surface area contributed by atoms with Crippen LogP contribution in [-0.2, 0) is 19.1 Å². The molecular weight excluding hydrogens is 633 g/mol. The lowest BCUT2D eigenvalue weighted by atomic mass is 10.1. The molecule has 0 unspecified atom stereocenters. The molecule has 0 saturated carbocycles. The molecule has 0 atom stereocenters. The van der Waals surface area contributed by atoms with Crippen molar-refractivity contribution in [3.8, 4) is 0 Å². The summed E-state index contributed by atoms with van der Waals surface area (Å²) >= 11 is 0. The van der Waals surface area contributed by atoms with E-state index in [1.165, 1.54) is 44.6 Å². The molecule has 6 nitrogen and oxygen atoms in total. The van der Waals surface area contributed by atoms with Crippen LogP contribution in [0.3, 0.4) is 0 Å². The summed E-state index contributed by atoms with van der Waals surface area (Å²) in [5.41, 5.74) is 8.27. The maximum atomic E-state index is 11.4. The van der Waals surface area contributed by atoms with Crippen molar-refractivity contribution < 1.29 is 29.3 Å². The summed E-state index contributed by atoms with van der Waals surface area (Å²) in [6.07, 6.45) is 6.13. The fourth-order valence-corrected chi connectivity index (χ4v) is 14.6. The molecule has 8 heteroatoms. The van der Waals surface area contributed by atoms with E-state index in [0.717, 1.165) is 43.9 Å². The third-order valence-electron chi connectivity index (χ3n) is 9.31. The number of hydrogen-bond acceptors (Lipinski definition) is 6. The van der Waals surface area contributed by atoms with E-state index in [1.807, 2.05) is 0 Å². The second-order valence-corrected chi connectivity index (χ2v) is 24.4. The van der Waals surface area contributed by atoms with Gasteiger partial charge in [0.2, 0.25) is 0 Å². The van der Waals surface area contributed by atoms with Gasteiger partial charge in [-0.3, -0.25) is 0 Å². The van der Waals surface area contributed by atoms with Crippen molar-refractivity contribution in [2.75, 3.05) is 26.4 Å². The van der Waals surface area contributed by atoms with E-state index < -0.39 is 28.1 Å². The van der Waals surface area contributed by atoms with E-state index in [-0.39, 0.29) is 38.3 Å². The van der Waals surface area contributed by atoms with Crippen LogP contribution in [0.5, 0.6) is 0 Å². The number of hydrogen-bond donors (Lipinski definition) is 2. The van der Waals surface area contributed by atoms with Crippen LogP contribution in [0.2, 0.25) is 38.3 Å². The first kappa shape index (κ1) is 43.2. The van der Waals surface area contributed by atoms with Gasteiger partial charge in [0.1, 0.15) is 0 Å². The molecule has 0 radical (unpaired) electrons. The van der Waals surface area contributed by atoms with E-state index in [1.54, 1.807) is 5.19 Å². The first-order valence-electron chi connectivity index (χ1n) is 17.4. The number of carbonyl (C=O) groups excluding carboxylic acids is 2. The first-order chi connectivity index (χ1) is 22.4. The monoisotopic (exact) mass is 696 g/mol. The quantitative estimate of drug-likeness (QED) is 0.0967. The Bertz CT molecular complexity index is 1290. The Hall–Kier alpha value is -2.79. The van der Waals surface area contributed by atoms with Gasteiger partial charge in [0.25, 0.3) is 0 Å². The van der Waals surface area contributed by atoms with Crippen molar-refractivity contribution in [1.29, 1.82) is 0 Å². The highest BCUT2D eigenvalue weighted by Crippen LogP contribution is 2.23. The number of rotatable bonds is 18. The minimum Gasteiger partial charge on any atom is -0.462 e. The van der Waals surface area contributed by atoms with Gasteiger partial charge >= 0.3 is 11.9 Å². The van der Waals surface area contributed by atoms with E-state index in [4.69, 9.17) is 19.7 Å². The zero-order valence-electron chi connectivity index (χ0n) is 31.6. The number of aryl methyl sites for hydroxylation is 6. The molecule has 0 heterocycles. The lowest BCUT2D eigenvalue weighted by Crippen LogP contribution is -2.44. The van der Waals surface area contributed by atoms with E-state index >= 15 is 0 Å². The van der Waals surface area contributed by atoms with Gasteiger partial charge in [-0.1, -0.05) is 132 Å². The van der Waals surface area contributed by atoms with Crippen LogP contribution < -0.4 is 10.4 Å². The van der Waals surface area contributed by atoms with Crippen molar-refractivity contribution in [1.82, 2.24) is 0 Å². The number of ether oxygens (including phenoxy) is 2. The minimum atomic E-state index is -1.61. The fraction of sp³-hybridized carbons (Fsp3) is 0.550. The van der Waals surface area contributed by atoms with Crippen LogP contribution in [0.25, 0.3) is 0 Å². The molecule has 0 aliphatic rings. The summed E-state index contributed by atoms with van der Waals surface area (Å²) in [5.74, 6) is -0.890. The average Bonchev–Trinajstić information content (AvgIpc) is 2.98. The van der Waals surface area contributed by atoms with Crippen molar-refractivity contribution in [3.63, 3.8) is 0 Å². The second kappa shape index (κ2) is 20.7. The van der Waals surface area contributed by atoms with Crippen LogP contribution in [-0.4, -0.2) is 64.7 Å². The molecule has 0 fully saturated rings. The molecule has 2 rings (SSSR count). The molecule has 2 aromatic rings. The van der Waals surface area contributed by atoms with Crippen LogP contribution in [0.15, 0.2) is 49.6 Å². The van der Waals surface area contributed by atoms with Crippen LogP contribution >= 0.6 is 0 Å². The Labute approximate surface area is 293 Å². The standard InChI is InChI=1S/C23H34O4Si.C17H30O2Si/c1-8-21(24)26-15-20(16-27-22(25)9-2)11-10-12-28(6,7)23-18(4)13-17(3)14-19(23)5;1-13-9-14(2)17(15(3)10-13)20(4,5)8-6-7-16(11-18)12-19/h8-9,13-14,20H,1-2,10-12,15-16H2,3-7H3;9-10,16,18-19H,6-8,11-12H2,1-5H3. The zero-order valence-corrected chi connectivity index (χ0v) is 33.6. The number of esters is 2. The number of aliphatic hydroxyl groups is 2. The Morgan fingerprint density at radius 1 is 0.646 bits per heavy atom. The van der Waals surface area contributed by atoms with Gasteiger partial charge in [0.15, 0.2) is 0 Å². The van der Waals surface area contributed by atoms with Crippen LogP contribution in [0, 0.1) is 53.4 Å². The Kier molecular flexibility index (Phi) is 18.6. The van der Waals surface area contributed by atoms with Gasteiger partial charge in [-0.15, -0.1) is 0 Å². The van der Waals surface area contributed by atoms with Gasteiger partial charge in [0, 0.05) is 37.2 Å². The van der Waals surface area contributed by atoms with Gasteiger partial charge in [-0.25, -0.2) is 9.59 Å². The first-order valence-corrected chi connectivity index (χ1v) is 23.8. The van der Waals surface area contributed by atoms with Crippen molar-refractivity contribution in [2.24, 2.45) is 11.8 Å². The second-order valence-electron chi connectivity index (χ2n) is 14.9. The molecule has 0 saturated heterocycles. The highest BCUT2D eigenvalue weighted by atomic mass is 28.3. The summed E-state index contributed by atoms with van der Waals surface area (Å²) < 4.78 is 10.4. The third-order valence-corrected chi connectivity index (χ3v) is 16.8. The van der Waals surface area contributed by atoms with Crippen LogP contribution in [0.4, 0.5) is 0 Å². The molecule has 0 amide bonds. The molecular formula is C40H64O6Si2. The molecule has 2 aromatic carbocycles. The lowest BCUT2D eigenvalue weighted by molar-refractivity contribution is -0.143. The Morgan fingerprint density at radius 3 is 1.25 bits per heavy atom. The average molecular weight is 697 g/mol. The lowest BCUT2D eigenvalue weighted by Gasteiger charge is -2.28. The normalized spacial score (nSPS) is 11.6. The molecule has 2 N–H and O–H groups in total. The molecule has 0 aliphatic carbocycles. The zero-order chi connectivity index (χ0) is 36.7. The van der Waals surface area contributed by atoms with E-state index in [0.29, 0.717) is 0 Å². The van der Waals surface area contributed by atoms with Gasteiger partial charge in [-0.05, 0) is 54.4 Å². The smallest absolute Gasteiger partial charge is 0.330 e. The number of carbonyl (C=O) groups is 2. The van der Waals surface area contributed by atoms with Crippen molar-refractivity contribution in [3.05, 3.63) is 83.0 Å². The van der Waals surface area contributed by atoms with Crippen molar-refractivity contribution >= 4 is 38.5 Å². The largest absolute Gasteiger partial charge is 0.462 e.